The standard InChI is InChI=1S/C23H25BrN2O/c1-17(25-14-15-26-21-7-5-6-20(24)16-21)18-10-12-19(13-11-18)22-8-3-4-9-23(22)27-2/h3-13,16-17,25-26H,14-15H2,1-2H3. The first kappa shape index (κ1) is 19.5. The predicted molar refractivity (Wildman–Crippen MR) is 117 cm³/mol. The molecule has 0 aromatic heterocycles. The highest BCUT2D eigenvalue weighted by atomic mass is 79.9. The number of anilines is 1. The highest BCUT2D eigenvalue weighted by molar-refractivity contribution is 9.10. The molecule has 3 rings (SSSR count). The van der Waals surface area contributed by atoms with Crippen LogP contribution in [-0.4, -0.2) is 20.2 Å². The van der Waals surface area contributed by atoms with Gasteiger partial charge in [0.25, 0.3) is 0 Å². The summed E-state index contributed by atoms with van der Waals surface area (Å²) >= 11 is 3.49. The summed E-state index contributed by atoms with van der Waals surface area (Å²) in [6.07, 6.45) is 0. The van der Waals surface area contributed by atoms with Gasteiger partial charge in [-0.2, -0.15) is 0 Å². The zero-order valence-electron chi connectivity index (χ0n) is 15.7. The fourth-order valence-electron chi connectivity index (χ4n) is 3.05. The van der Waals surface area contributed by atoms with Crippen molar-refractivity contribution in [2.45, 2.75) is 13.0 Å². The Morgan fingerprint density at radius 2 is 1.70 bits per heavy atom. The monoisotopic (exact) mass is 424 g/mol. The van der Waals surface area contributed by atoms with Gasteiger partial charge in [0, 0.05) is 34.9 Å². The third-order valence-corrected chi connectivity index (χ3v) is 5.05. The molecule has 2 N–H and O–H groups in total. The Kier molecular flexibility index (Phi) is 6.91. The molecule has 0 saturated heterocycles. The summed E-state index contributed by atoms with van der Waals surface area (Å²) in [5.41, 5.74) is 4.68. The molecule has 1 atom stereocenters. The van der Waals surface area contributed by atoms with Crippen molar-refractivity contribution in [3.63, 3.8) is 0 Å². The number of benzene rings is 3. The van der Waals surface area contributed by atoms with Crippen LogP contribution in [0.15, 0.2) is 77.3 Å². The third kappa shape index (κ3) is 5.34. The summed E-state index contributed by atoms with van der Waals surface area (Å²) in [5.74, 6) is 0.898. The van der Waals surface area contributed by atoms with E-state index in [1.807, 2.05) is 30.3 Å². The second-order valence-electron chi connectivity index (χ2n) is 6.44. The number of hydrogen-bond donors (Lipinski definition) is 2. The number of methoxy groups -OCH3 is 1. The van der Waals surface area contributed by atoms with Crippen LogP contribution in [0.5, 0.6) is 5.75 Å². The molecule has 4 heteroatoms. The summed E-state index contributed by atoms with van der Waals surface area (Å²) in [6, 6.07) is 25.3. The van der Waals surface area contributed by atoms with E-state index in [1.165, 1.54) is 11.1 Å². The summed E-state index contributed by atoms with van der Waals surface area (Å²) in [5, 5.41) is 7.00. The van der Waals surface area contributed by atoms with Crippen LogP contribution in [0.3, 0.4) is 0 Å². The quantitative estimate of drug-likeness (QED) is 0.442. The van der Waals surface area contributed by atoms with Gasteiger partial charge in [0.2, 0.25) is 0 Å². The van der Waals surface area contributed by atoms with E-state index in [9.17, 15) is 0 Å². The van der Waals surface area contributed by atoms with Gasteiger partial charge in [-0.05, 0) is 42.3 Å². The lowest BCUT2D eigenvalue weighted by Gasteiger charge is -2.16. The minimum atomic E-state index is 0.293. The fraction of sp³-hybridized carbons (Fsp3) is 0.217. The van der Waals surface area contributed by atoms with Crippen LogP contribution >= 0.6 is 15.9 Å². The smallest absolute Gasteiger partial charge is 0.126 e. The van der Waals surface area contributed by atoms with Gasteiger partial charge >= 0.3 is 0 Å². The maximum absolute atomic E-state index is 5.46. The minimum Gasteiger partial charge on any atom is -0.496 e. The predicted octanol–water partition coefficient (Wildman–Crippen LogP) is 5.89. The van der Waals surface area contributed by atoms with Gasteiger partial charge in [-0.3, -0.25) is 0 Å². The van der Waals surface area contributed by atoms with Crippen LogP contribution in [-0.2, 0) is 0 Å². The van der Waals surface area contributed by atoms with Gasteiger partial charge in [0.1, 0.15) is 5.75 Å². The maximum atomic E-state index is 5.46. The zero-order valence-corrected chi connectivity index (χ0v) is 17.3. The molecular weight excluding hydrogens is 400 g/mol. The number of rotatable bonds is 8. The first-order valence-electron chi connectivity index (χ1n) is 9.13. The average molecular weight is 425 g/mol. The highest BCUT2D eigenvalue weighted by Gasteiger charge is 2.07. The average Bonchev–Trinajstić information content (AvgIpc) is 2.71. The first-order valence-corrected chi connectivity index (χ1v) is 9.93. The van der Waals surface area contributed by atoms with Gasteiger partial charge < -0.3 is 15.4 Å². The molecule has 0 heterocycles. The summed E-state index contributed by atoms with van der Waals surface area (Å²) in [4.78, 5) is 0. The van der Waals surface area contributed by atoms with Crippen molar-refractivity contribution in [3.8, 4) is 16.9 Å². The number of ether oxygens (including phenoxy) is 1. The van der Waals surface area contributed by atoms with Crippen LogP contribution in [0.2, 0.25) is 0 Å². The zero-order chi connectivity index (χ0) is 19.1. The van der Waals surface area contributed by atoms with Crippen LogP contribution < -0.4 is 15.4 Å². The number of para-hydroxylation sites is 1. The molecule has 0 bridgehead atoms. The largest absolute Gasteiger partial charge is 0.496 e. The van der Waals surface area contributed by atoms with E-state index in [0.29, 0.717) is 6.04 Å². The second-order valence-corrected chi connectivity index (χ2v) is 7.35. The Morgan fingerprint density at radius 3 is 2.44 bits per heavy atom. The lowest BCUT2D eigenvalue weighted by molar-refractivity contribution is 0.416. The van der Waals surface area contributed by atoms with E-state index < -0.39 is 0 Å². The van der Waals surface area contributed by atoms with E-state index in [4.69, 9.17) is 4.74 Å². The molecule has 27 heavy (non-hydrogen) atoms. The van der Waals surface area contributed by atoms with Gasteiger partial charge in [-0.25, -0.2) is 0 Å². The van der Waals surface area contributed by atoms with Crippen LogP contribution in [0, 0.1) is 0 Å². The SMILES string of the molecule is COc1ccccc1-c1ccc(C(C)NCCNc2cccc(Br)c2)cc1. The molecule has 0 aliphatic rings. The number of halogens is 1. The molecule has 0 aliphatic carbocycles. The molecule has 140 valence electrons. The van der Waals surface area contributed by atoms with E-state index >= 15 is 0 Å². The topological polar surface area (TPSA) is 33.3 Å². The molecule has 3 aromatic carbocycles. The van der Waals surface area contributed by atoms with Gasteiger partial charge in [-0.1, -0.05) is 64.5 Å². The van der Waals surface area contributed by atoms with Crippen LogP contribution in [0.25, 0.3) is 11.1 Å². The Hall–Kier alpha value is -2.30. The lowest BCUT2D eigenvalue weighted by atomic mass is 10.0. The molecule has 0 radical (unpaired) electrons. The van der Waals surface area contributed by atoms with E-state index in [0.717, 1.165) is 34.6 Å². The molecule has 0 amide bonds. The molecule has 1 unspecified atom stereocenters. The molecule has 0 fully saturated rings. The van der Waals surface area contributed by atoms with E-state index in [1.54, 1.807) is 7.11 Å². The molecule has 0 aliphatic heterocycles. The van der Waals surface area contributed by atoms with Crippen molar-refractivity contribution < 1.29 is 4.74 Å². The minimum absolute atomic E-state index is 0.293. The Bertz CT molecular complexity index is 864. The van der Waals surface area contributed by atoms with Gasteiger partial charge in [0.15, 0.2) is 0 Å². The molecule has 0 saturated carbocycles. The van der Waals surface area contributed by atoms with Crippen molar-refractivity contribution in [2.75, 3.05) is 25.5 Å². The Morgan fingerprint density at radius 1 is 0.926 bits per heavy atom. The fourth-order valence-corrected chi connectivity index (χ4v) is 3.45. The summed E-state index contributed by atoms with van der Waals surface area (Å²) in [6.45, 7) is 3.96. The number of hydrogen-bond acceptors (Lipinski definition) is 3. The van der Waals surface area contributed by atoms with E-state index in [-0.39, 0.29) is 0 Å². The normalized spacial score (nSPS) is 11.8. The van der Waals surface area contributed by atoms with Crippen molar-refractivity contribution in [1.29, 1.82) is 0 Å². The number of nitrogens with one attached hydrogen (secondary N) is 2. The maximum Gasteiger partial charge on any atom is 0.126 e. The Balaban J connectivity index is 1.54. The first-order chi connectivity index (χ1) is 13.2. The third-order valence-electron chi connectivity index (χ3n) is 4.56. The van der Waals surface area contributed by atoms with Gasteiger partial charge in [0.05, 0.1) is 7.11 Å². The van der Waals surface area contributed by atoms with Crippen molar-refractivity contribution >= 4 is 21.6 Å². The van der Waals surface area contributed by atoms with Crippen LogP contribution in [0.4, 0.5) is 5.69 Å². The lowest BCUT2D eigenvalue weighted by Crippen LogP contribution is -2.25. The molecule has 3 aromatic rings. The molecule has 3 nitrogen and oxygen atoms in total. The summed E-state index contributed by atoms with van der Waals surface area (Å²) < 4.78 is 6.55. The highest BCUT2D eigenvalue weighted by Crippen LogP contribution is 2.30. The summed E-state index contributed by atoms with van der Waals surface area (Å²) in [7, 11) is 1.71. The van der Waals surface area contributed by atoms with Crippen molar-refractivity contribution in [2.24, 2.45) is 0 Å². The molecular formula is C23H25BrN2O. The Labute approximate surface area is 169 Å². The second kappa shape index (κ2) is 9.58. The molecule has 0 spiro atoms. The van der Waals surface area contributed by atoms with Crippen molar-refractivity contribution in [1.82, 2.24) is 5.32 Å². The van der Waals surface area contributed by atoms with Gasteiger partial charge in [-0.15, -0.1) is 0 Å². The van der Waals surface area contributed by atoms with Crippen molar-refractivity contribution in [3.05, 3.63) is 82.8 Å². The van der Waals surface area contributed by atoms with E-state index in [2.05, 4.69) is 76.0 Å². The van der Waals surface area contributed by atoms with Crippen LogP contribution in [0.1, 0.15) is 18.5 Å².